The van der Waals surface area contributed by atoms with Gasteiger partial charge in [-0.3, -0.25) is 0 Å². The van der Waals surface area contributed by atoms with Gasteiger partial charge in [-0.05, 0) is 36.6 Å². The molecule has 0 bridgehead atoms. The van der Waals surface area contributed by atoms with E-state index in [-0.39, 0.29) is 5.82 Å². The number of aryl methyl sites for hydroxylation is 1. The molecule has 0 amide bonds. The number of ether oxygens (including phenoxy) is 1. The van der Waals surface area contributed by atoms with Crippen LogP contribution >= 0.6 is 0 Å². The number of hydrogen-bond acceptors (Lipinski definition) is 2. The normalized spacial score (nSPS) is 29.2. The summed E-state index contributed by atoms with van der Waals surface area (Å²) in [5, 5.41) is 3.39. The summed E-state index contributed by atoms with van der Waals surface area (Å²) in [6.07, 6.45) is 2.37. The van der Waals surface area contributed by atoms with Crippen LogP contribution in [0.15, 0.2) is 18.2 Å². The topological polar surface area (TPSA) is 24.6 Å². The Bertz CT molecular complexity index is 362. The molecule has 0 aromatic heterocycles. The van der Waals surface area contributed by atoms with Crippen molar-refractivity contribution in [2.75, 3.05) is 11.9 Å². The number of fused-ring (bicyclic) bond motifs is 1. The van der Waals surface area contributed by atoms with Gasteiger partial charge in [-0.15, -0.1) is 0 Å². The fraction of sp³-hybridized carbons (Fsp3) is 0.455. The molecule has 2 atom stereocenters. The van der Waals surface area contributed by atoms with E-state index in [4.69, 9.17) is 4.74 Å². The Kier molecular flexibility index (Phi) is 1.74. The van der Waals surface area contributed by atoms with Gasteiger partial charge in [-0.1, -0.05) is 0 Å². The summed E-state index contributed by atoms with van der Waals surface area (Å²) in [5.41, 5.74) is 2.15. The number of rotatable bonds is 1. The molecule has 2 nitrogen and oxygen atoms in total. The SMILES string of the molecule is Fc1ccc2c(c1)CCC(C1CO1)N2. The molecule has 1 fully saturated rings. The molecule has 1 aromatic carbocycles. The van der Waals surface area contributed by atoms with E-state index in [1.807, 2.05) is 6.07 Å². The zero-order valence-corrected chi connectivity index (χ0v) is 7.79. The summed E-state index contributed by atoms with van der Waals surface area (Å²) in [4.78, 5) is 0. The first kappa shape index (κ1) is 8.24. The molecule has 74 valence electrons. The van der Waals surface area contributed by atoms with E-state index in [1.54, 1.807) is 6.07 Å². The summed E-state index contributed by atoms with van der Waals surface area (Å²) < 4.78 is 18.2. The summed E-state index contributed by atoms with van der Waals surface area (Å²) in [5.74, 6) is -0.147. The predicted octanol–water partition coefficient (Wildman–Crippen LogP) is 1.95. The highest BCUT2D eigenvalue weighted by molar-refractivity contribution is 5.54. The van der Waals surface area contributed by atoms with E-state index >= 15 is 0 Å². The number of halogens is 1. The quantitative estimate of drug-likeness (QED) is 0.689. The molecule has 0 saturated carbocycles. The lowest BCUT2D eigenvalue weighted by atomic mass is 9.96. The number of epoxide rings is 1. The Morgan fingerprint density at radius 2 is 2.29 bits per heavy atom. The first-order valence-electron chi connectivity index (χ1n) is 4.99. The Morgan fingerprint density at radius 1 is 1.43 bits per heavy atom. The largest absolute Gasteiger partial charge is 0.379 e. The molecular weight excluding hydrogens is 181 g/mol. The molecule has 2 heterocycles. The molecule has 0 aliphatic carbocycles. The highest BCUT2D eigenvalue weighted by atomic mass is 19.1. The molecule has 1 aromatic rings. The molecule has 3 rings (SSSR count). The monoisotopic (exact) mass is 193 g/mol. The van der Waals surface area contributed by atoms with Crippen molar-refractivity contribution in [3.8, 4) is 0 Å². The van der Waals surface area contributed by atoms with E-state index in [0.29, 0.717) is 12.1 Å². The summed E-state index contributed by atoms with van der Waals surface area (Å²) in [6.45, 7) is 0.869. The van der Waals surface area contributed by atoms with Gasteiger partial charge in [0.15, 0.2) is 0 Å². The van der Waals surface area contributed by atoms with Gasteiger partial charge in [0.25, 0.3) is 0 Å². The second-order valence-corrected chi connectivity index (χ2v) is 3.96. The van der Waals surface area contributed by atoms with Crippen molar-refractivity contribution in [1.82, 2.24) is 0 Å². The molecule has 1 saturated heterocycles. The molecule has 2 unspecified atom stereocenters. The summed E-state index contributed by atoms with van der Waals surface area (Å²) in [6, 6.07) is 5.36. The van der Waals surface area contributed by atoms with Crippen LogP contribution in [0, 0.1) is 5.82 Å². The predicted molar refractivity (Wildman–Crippen MR) is 51.9 cm³/mol. The third kappa shape index (κ3) is 1.38. The van der Waals surface area contributed by atoms with E-state index in [1.165, 1.54) is 6.07 Å². The van der Waals surface area contributed by atoms with Crippen molar-refractivity contribution < 1.29 is 9.13 Å². The standard InChI is InChI=1S/C11H12FNO/c12-8-2-4-9-7(5-8)1-3-10(13-9)11-6-14-11/h2,4-5,10-11,13H,1,3,6H2. The lowest BCUT2D eigenvalue weighted by molar-refractivity contribution is 0.371. The Labute approximate surface area is 82.1 Å². The van der Waals surface area contributed by atoms with Crippen LogP contribution in [0.1, 0.15) is 12.0 Å². The zero-order valence-electron chi connectivity index (χ0n) is 7.79. The van der Waals surface area contributed by atoms with Crippen LogP contribution in [0.25, 0.3) is 0 Å². The fourth-order valence-electron chi connectivity index (χ4n) is 2.06. The van der Waals surface area contributed by atoms with Crippen molar-refractivity contribution in [3.63, 3.8) is 0 Å². The average Bonchev–Trinajstić information content (AvgIpc) is 3.00. The third-order valence-corrected chi connectivity index (χ3v) is 2.94. The first-order valence-corrected chi connectivity index (χ1v) is 4.99. The van der Waals surface area contributed by atoms with Crippen molar-refractivity contribution in [2.45, 2.75) is 25.0 Å². The van der Waals surface area contributed by atoms with Crippen LogP contribution in [0.2, 0.25) is 0 Å². The third-order valence-electron chi connectivity index (χ3n) is 2.94. The van der Waals surface area contributed by atoms with Gasteiger partial charge < -0.3 is 10.1 Å². The minimum Gasteiger partial charge on any atom is -0.379 e. The van der Waals surface area contributed by atoms with Crippen LogP contribution in [0.3, 0.4) is 0 Å². The molecule has 0 radical (unpaired) electrons. The van der Waals surface area contributed by atoms with Gasteiger partial charge in [0.1, 0.15) is 11.9 Å². The summed E-state index contributed by atoms with van der Waals surface area (Å²) >= 11 is 0. The van der Waals surface area contributed by atoms with Gasteiger partial charge in [-0.2, -0.15) is 0 Å². The minimum absolute atomic E-state index is 0.147. The lowest BCUT2D eigenvalue weighted by Crippen LogP contribution is -2.30. The number of benzene rings is 1. The number of hydrogen-bond donors (Lipinski definition) is 1. The van der Waals surface area contributed by atoms with Crippen LogP contribution in [0.4, 0.5) is 10.1 Å². The van der Waals surface area contributed by atoms with Crippen LogP contribution in [-0.2, 0) is 11.2 Å². The number of anilines is 1. The Morgan fingerprint density at radius 3 is 3.07 bits per heavy atom. The highest BCUT2D eigenvalue weighted by Gasteiger charge is 2.34. The lowest BCUT2D eigenvalue weighted by Gasteiger charge is -2.25. The van der Waals surface area contributed by atoms with Gasteiger partial charge in [-0.25, -0.2) is 4.39 Å². The molecule has 2 aliphatic rings. The second-order valence-electron chi connectivity index (χ2n) is 3.96. The van der Waals surface area contributed by atoms with Crippen molar-refractivity contribution >= 4 is 5.69 Å². The summed E-state index contributed by atoms with van der Waals surface area (Å²) in [7, 11) is 0. The molecular formula is C11H12FNO. The van der Waals surface area contributed by atoms with E-state index in [0.717, 1.165) is 30.7 Å². The van der Waals surface area contributed by atoms with Crippen LogP contribution in [-0.4, -0.2) is 18.8 Å². The van der Waals surface area contributed by atoms with Gasteiger partial charge in [0.2, 0.25) is 0 Å². The first-order chi connectivity index (χ1) is 6.83. The molecule has 0 spiro atoms. The van der Waals surface area contributed by atoms with E-state index < -0.39 is 0 Å². The zero-order chi connectivity index (χ0) is 9.54. The molecule has 14 heavy (non-hydrogen) atoms. The molecule has 1 N–H and O–H groups in total. The van der Waals surface area contributed by atoms with Crippen LogP contribution in [0.5, 0.6) is 0 Å². The smallest absolute Gasteiger partial charge is 0.123 e. The maximum Gasteiger partial charge on any atom is 0.123 e. The van der Waals surface area contributed by atoms with Crippen molar-refractivity contribution in [3.05, 3.63) is 29.6 Å². The van der Waals surface area contributed by atoms with Gasteiger partial charge in [0, 0.05) is 5.69 Å². The highest BCUT2D eigenvalue weighted by Crippen LogP contribution is 2.30. The van der Waals surface area contributed by atoms with E-state index in [9.17, 15) is 4.39 Å². The number of nitrogens with one attached hydrogen (secondary N) is 1. The Hall–Kier alpha value is -1.09. The van der Waals surface area contributed by atoms with Crippen molar-refractivity contribution in [1.29, 1.82) is 0 Å². The maximum absolute atomic E-state index is 12.9. The van der Waals surface area contributed by atoms with Gasteiger partial charge in [0.05, 0.1) is 12.6 Å². The maximum atomic E-state index is 12.9. The van der Waals surface area contributed by atoms with Gasteiger partial charge >= 0.3 is 0 Å². The molecule has 3 heteroatoms. The minimum atomic E-state index is -0.147. The second kappa shape index (κ2) is 2.95. The average molecular weight is 193 g/mol. The van der Waals surface area contributed by atoms with Crippen molar-refractivity contribution in [2.24, 2.45) is 0 Å². The van der Waals surface area contributed by atoms with Crippen LogP contribution < -0.4 is 5.32 Å². The fourth-order valence-corrected chi connectivity index (χ4v) is 2.06. The Balaban J connectivity index is 1.86. The molecule has 2 aliphatic heterocycles. The van der Waals surface area contributed by atoms with E-state index in [2.05, 4.69) is 5.32 Å².